The fourth-order valence-electron chi connectivity index (χ4n) is 1.03. The van der Waals surface area contributed by atoms with Crippen molar-refractivity contribution < 1.29 is 9.90 Å². The number of aromatic carboxylic acids is 1. The zero-order valence-corrected chi connectivity index (χ0v) is 7.92. The van der Waals surface area contributed by atoms with Crippen LogP contribution in [0.15, 0.2) is 23.5 Å². The highest BCUT2D eigenvalue weighted by atomic mass is 16.4. The summed E-state index contributed by atoms with van der Waals surface area (Å²) >= 11 is 0. The summed E-state index contributed by atoms with van der Waals surface area (Å²) in [7, 11) is 0. The van der Waals surface area contributed by atoms with Crippen LogP contribution in [0.25, 0.3) is 16.5 Å². The molecule has 0 saturated heterocycles. The van der Waals surface area contributed by atoms with Crippen molar-refractivity contribution in [3.63, 3.8) is 0 Å². The molecule has 0 bridgehead atoms. The van der Waals surface area contributed by atoms with Gasteiger partial charge in [0.25, 0.3) is 0 Å². The number of hydrogen-bond donors (Lipinski definition) is 2. The minimum atomic E-state index is -0.983. The quantitative estimate of drug-likeness (QED) is 0.334. The van der Waals surface area contributed by atoms with E-state index in [0.29, 0.717) is 13.0 Å². The number of aromatic nitrogens is 1. The van der Waals surface area contributed by atoms with Crippen LogP contribution in [0.1, 0.15) is 22.5 Å². The van der Waals surface area contributed by atoms with Gasteiger partial charge in [-0.25, -0.2) is 4.79 Å². The molecule has 0 aliphatic carbocycles. The Balaban J connectivity index is 2.49. The van der Waals surface area contributed by atoms with Gasteiger partial charge < -0.3 is 10.1 Å². The molecule has 0 saturated carbocycles. The summed E-state index contributed by atoms with van der Waals surface area (Å²) in [6, 6.07) is 1.53. The maximum absolute atomic E-state index is 10.5. The second kappa shape index (κ2) is 5.51. The molecular weight excluding hydrogens is 196 g/mol. The number of carboxylic acids is 1. The molecule has 15 heavy (non-hydrogen) atoms. The van der Waals surface area contributed by atoms with Gasteiger partial charge in [-0.05, 0) is 23.6 Å². The Kier molecular flexibility index (Phi) is 4.00. The summed E-state index contributed by atoms with van der Waals surface area (Å²) in [5.41, 5.74) is 8.95. The first kappa shape index (κ1) is 10.9. The van der Waals surface area contributed by atoms with E-state index in [-0.39, 0.29) is 5.69 Å². The first-order valence-electron chi connectivity index (χ1n) is 4.33. The largest absolute Gasteiger partial charge is 0.477 e. The van der Waals surface area contributed by atoms with Gasteiger partial charge in [-0.2, -0.15) is 0 Å². The van der Waals surface area contributed by atoms with Crippen LogP contribution in [0.2, 0.25) is 0 Å². The van der Waals surface area contributed by atoms with E-state index in [9.17, 15) is 4.79 Å². The van der Waals surface area contributed by atoms with Crippen molar-refractivity contribution >= 4 is 12.0 Å². The molecular formula is C9H10N4O2. The van der Waals surface area contributed by atoms with Crippen LogP contribution in [0, 0.1) is 0 Å². The van der Waals surface area contributed by atoms with Crippen LogP contribution in [0.3, 0.4) is 0 Å². The summed E-state index contributed by atoms with van der Waals surface area (Å²) in [4.78, 5) is 15.8. The lowest BCUT2D eigenvalue weighted by Crippen LogP contribution is -1.94. The van der Waals surface area contributed by atoms with Crippen LogP contribution in [-0.4, -0.2) is 22.6 Å². The number of azide groups is 1. The molecule has 78 valence electrons. The second-order valence-corrected chi connectivity index (χ2v) is 2.80. The van der Waals surface area contributed by atoms with E-state index < -0.39 is 5.97 Å². The van der Waals surface area contributed by atoms with E-state index in [2.05, 4.69) is 15.0 Å². The molecule has 0 spiro atoms. The Bertz CT molecular complexity index is 416. The van der Waals surface area contributed by atoms with Gasteiger partial charge in [0.05, 0.1) is 0 Å². The number of carbonyl (C=O) groups is 1. The topological polar surface area (TPSA) is 102 Å². The maximum Gasteiger partial charge on any atom is 0.352 e. The average Bonchev–Trinajstić information content (AvgIpc) is 2.66. The summed E-state index contributed by atoms with van der Waals surface area (Å²) in [6.45, 7) is 0.406. The predicted molar refractivity (Wildman–Crippen MR) is 55.4 cm³/mol. The molecule has 0 aliphatic heterocycles. The smallest absolute Gasteiger partial charge is 0.352 e. The third-order valence-corrected chi connectivity index (χ3v) is 1.71. The van der Waals surface area contributed by atoms with Gasteiger partial charge in [0, 0.05) is 17.7 Å². The van der Waals surface area contributed by atoms with Crippen LogP contribution in [-0.2, 0) is 0 Å². The van der Waals surface area contributed by atoms with E-state index in [1.54, 1.807) is 12.3 Å². The number of aromatic amines is 1. The Hall–Kier alpha value is -2.20. The van der Waals surface area contributed by atoms with Crippen molar-refractivity contribution in [3.05, 3.63) is 40.0 Å². The number of nitrogens with zero attached hydrogens (tertiary/aromatic N) is 3. The van der Waals surface area contributed by atoms with E-state index in [1.807, 2.05) is 6.08 Å². The zero-order chi connectivity index (χ0) is 11.1. The van der Waals surface area contributed by atoms with Crippen molar-refractivity contribution in [3.8, 4) is 0 Å². The number of H-pyrrole nitrogens is 1. The third-order valence-electron chi connectivity index (χ3n) is 1.71. The van der Waals surface area contributed by atoms with Crippen molar-refractivity contribution in [1.29, 1.82) is 0 Å². The number of hydrogen-bond acceptors (Lipinski definition) is 2. The summed E-state index contributed by atoms with van der Waals surface area (Å²) in [6.07, 6.45) is 5.84. The van der Waals surface area contributed by atoms with Gasteiger partial charge in [-0.3, -0.25) is 0 Å². The normalized spacial score (nSPS) is 10.1. The molecule has 0 radical (unpaired) electrons. The van der Waals surface area contributed by atoms with Gasteiger partial charge in [0.2, 0.25) is 0 Å². The lowest BCUT2D eigenvalue weighted by Gasteiger charge is -1.84. The molecule has 0 atom stereocenters. The van der Waals surface area contributed by atoms with Crippen LogP contribution >= 0.6 is 0 Å². The second-order valence-electron chi connectivity index (χ2n) is 2.80. The Labute approximate surface area is 85.9 Å². The molecule has 0 aromatic carbocycles. The fourth-order valence-corrected chi connectivity index (χ4v) is 1.03. The van der Waals surface area contributed by atoms with E-state index >= 15 is 0 Å². The lowest BCUT2D eigenvalue weighted by molar-refractivity contribution is 0.0691. The molecule has 6 heteroatoms. The highest BCUT2D eigenvalue weighted by Gasteiger charge is 2.03. The molecule has 0 aliphatic rings. The molecule has 0 amide bonds. The van der Waals surface area contributed by atoms with E-state index in [1.165, 1.54) is 6.07 Å². The molecule has 1 aromatic rings. The maximum atomic E-state index is 10.5. The average molecular weight is 206 g/mol. The summed E-state index contributed by atoms with van der Waals surface area (Å²) in [5.74, 6) is -0.983. The molecule has 1 aromatic heterocycles. The predicted octanol–water partition coefficient (Wildman–Crippen LogP) is 2.43. The third kappa shape index (κ3) is 3.58. The number of nitrogens with one attached hydrogen (secondary N) is 1. The van der Waals surface area contributed by atoms with Gasteiger partial charge >= 0.3 is 5.97 Å². The molecule has 0 unspecified atom stereocenters. The van der Waals surface area contributed by atoms with Crippen molar-refractivity contribution in [2.75, 3.05) is 6.54 Å². The first-order chi connectivity index (χ1) is 7.24. The van der Waals surface area contributed by atoms with Gasteiger partial charge in [-0.1, -0.05) is 17.3 Å². The highest BCUT2D eigenvalue weighted by Crippen LogP contribution is 2.06. The Morgan fingerprint density at radius 1 is 1.73 bits per heavy atom. The number of carboxylic acid groups (broad SMARTS) is 1. The van der Waals surface area contributed by atoms with Crippen LogP contribution < -0.4 is 0 Å². The van der Waals surface area contributed by atoms with Crippen molar-refractivity contribution in [2.24, 2.45) is 5.11 Å². The van der Waals surface area contributed by atoms with Gasteiger partial charge in [0.1, 0.15) is 5.69 Å². The SMILES string of the molecule is [N-]=[N+]=NCCC=Cc1c[nH]c(C(=O)O)c1. The lowest BCUT2D eigenvalue weighted by atomic mass is 10.2. The first-order valence-corrected chi connectivity index (χ1v) is 4.33. The molecule has 1 rings (SSSR count). The minimum Gasteiger partial charge on any atom is -0.477 e. The molecule has 0 fully saturated rings. The van der Waals surface area contributed by atoms with Crippen LogP contribution in [0.4, 0.5) is 0 Å². The number of rotatable bonds is 5. The fraction of sp³-hybridized carbons (Fsp3) is 0.222. The molecule has 1 heterocycles. The van der Waals surface area contributed by atoms with E-state index in [0.717, 1.165) is 5.56 Å². The Morgan fingerprint density at radius 2 is 2.53 bits per heavy atom. The minimum absolute atomic E-state index is 0.157. The van der Waals surface area contributed by atoms with Crippen molar-refractivity contribution in [1.82, 2.24) is 4.98 Å². The van der Waals surface area contributed by atoms with E-state index in [4.69, 9.17) is 10.6 Å². The van der Waals surface area contributed by atoms with Crippen molar-refractivity contribution in [2.45, 2.75) is 6.42 Å². The summed E-state index contributed by atoms with van der Waals surface area (Å²) < 4.78 is 0. The Morgan fingerprint density at radius 3 is 3.13 bits per heavy atom. The summed E-state index contributed by atoms with van der Waals surface area (Å²) in [5, 5.41) is 12.0. The zero-order valence-electron chi connectivity index (χ0n) is 7.92. The molecule has 2 N–H and O–H groups in total. The highest BCUT2D eigenvalue weighted by molar-refractivity contribution is 5.86. The monoisotopic (exact) mass is 206 g/mol. The molecule has 6 nitrogen and oxygen atoms in total. The van der Waals surface area contributed by atoms with Gasteiger partial charge in [0.15, 0.2) is 0 Å². The standard InChI is InChI=1S/C9H10N4O2/c10-13-12-4-2-1-3-7-5-8(9(14)15)11-6-7/h1,3,5-6,11H,2,4H2,(H,14,15). The van der Waals surface area contributed by atoms with Crippen LogP contribution in [0.5, 0.6) is 0 Å². The van der Waals surface area contributed by atoms with Gasteiger partial charge in [-0.15, -0.1) is 0 Å².